The summed E-state index contributed by atoms with van der Waals surface area (Å²) < 4.78 is 33.4. The summed E-state index contributed by atoms with van der Waals surface area (Å²) in [5, 5.41) is 15.7. The first kappa shape index (κ1) is 24.3. The quantitative estimate of drug-likeness (QED) is 0.435. The number of nitrogens with one attached hydrogen (secondary N) is 2. The second-order valence-electron chi connectivity index (χ2n) is 7.00. The van der Waals surface area contributed by atoms with E-state index in [0.29, 0.717) is 25.9 Å². The Morgan fingerprint density at radius 3 is 2.55 bits per heavy atom. The first-order valence-corrected chi connectivity index (χ1v) is 11.9. The monoisotopic (exact) mass is 495 g/mol. The van der Waals surface area contributed by atoms with Crippen molar-refractivity contribution in [1.29, 1.82) is 0 Å². The zero-order valence-corrected chi connectivity index (χ0v) is 19.2. The third-order valence-electron chi connectivity index (χ3n) is 4.78. The number of ether oxygens (including phenoxy) is 1. The van der Waals surface area contributed by atoms with Crippen LogP contribution in [0.25, 0.3) is 0 Å². The largest absolute Gasteiger partial charge is 0.450 e. The predicted molar refractivity (Wildman–Crippen MR) is 124 cm³/mol. The second kappa shape index (κ2) is 10.5. The molecule has 1 saturated heterocycles. The molecule has 0 aromatic heterocycles. The molecule has 1 fully saturated rings. The van der Waals surface area contributed by atoms with Crippen LogP contribution in [0.1, 0.15) is 19.8 Å². The van der Waals surface area contributed by atoms with Crippen molar-refractivity contribution in [3.63, 3.8) is 0 Å². The summed E-state index contributed by atoms with van der Waals surface area (Å²) >= 11 is 6.05. The molecule has 176 valence electrons. The number of non-ortho nitro benzene ring substituents is 1. The van der Waals surface area contributed by atoms with Gasteiger partial charge in [-0.1, -0.05) is 23.7 Å². The van der Waals surface area contributed by atoms with E-state index in [1.807, 2.05) is 0 Å². The highest BCUT2D eigenvalue weighted by atomic mass is 35.5. The second-order valence-corrected chi connectivity index (χ2v) is 9.06. The first-order valence-electron chi connectivity index (χ1n) is 10.00. The van der Waals surface area contributed by atoms with Gasteiger partial charge in [-0.25, -0.2) is 13.2 Å². The highest BCUT2D eigenvalue weighted by molar-refractivity contribution is 7.93. The molecular formula is C20H22ClN5O6S. The van der Waals surface area contributed by atoms with Crippen molar-refractivity contribution < 1.29 is 22.9 Å². The number of carbonyl (C=O) groups excluding carboxylic acids is 1. The van der Waals surface area contributed by atoms with Gasteiger partial charge in [0.2, 0.25) is 0 Å². The number of anilines is 2. The van der Waals surface area contributed by atoms with E-state index in [-0.39, 0.29) is 34.0 Å². The maximum Gasteiger partial charge on any atom is 0.409 e. The predicted octanol–water partition coefficient (Wildman–Crippen LogP) is 4.07. The molecule has 2 aromatic rings. The number of amides is 1. The molecule has 0 bridgehead atoms. The Morgan fingerprint density at radius 1 is 1.21 bits per heavy atom. The molecule has 2 N–H and O–H groups in total. The zero-order chi connectivity index (χ0) is 24.0. The van der Waals surface area contributed by atoms with Crippen molar-refractivity contribution in [1.82, 2.24) is 4.90 Å². The number of benzene rings is 2. The summed E-state index contributed by atoms with van der Waals surface area (Å²) in [4.78, 5) is 23.6. The molecule has 33 heavy (non-hydrogen) atoms. The molecule has 1 heterocycles. The molecule has 2 aromatic carbocycles. The minimum absolute atomic E-state index is 0.0560. The Morgan fingerprint density at radius 2 is 1.91 bits per heavy atom. The van der Waals surface area contributed by atoms with Crippen molar-refractivity contribution in [3.8, 4) is 0 Å². The van der Waals surface area contributed by atoms with Gasteiger partial charge in [0.25, 0.3) is 15.7 Å². The number of sulfonamides is 1. The molecule has 13 heteroatoms. The third kappa shape index (κ3) is 6.11. The number of halogens is 1. The lowest BCUT2D eigenvalue weighted by molar-refractivity contribution is -0.385. The van der Waals surface area contributed by atoms with Crippen molar-refractivity contribution in [2.45, 2.75) is 24.7 Å². The summed E-state index contributed by atoms with van der Waals surface area (Å²) in [6, 6.07) is 9.64. The van der Waals surface area contributed by atoms with Crippen LogP contribution >= 0.6 is 11.6 Å². The smallest absolute Gasteiger partial charge is 0.409 e. The zero-order valence-electron chi connectivity index (χ0n) is 17.7. The van der Waals surface area contributed by atoms with Gasteiger partial charge in [0, 0.05) is 43.8 Å². The van der Waals surface area contributed by atoms with E-state index in [2.05, 4.69) is 15.2 Å². The number of nitro groups is 1. The fourth-order valence-corrected chi connectivity index (χ4v) is 4.59. The van der Waals surface area contributed by atoms with E-state index >= 15 is 0 Å². The highest BCUT2D eigenvalue weighted by Gasteiger charge is 2.24. The lowest BCUT2D eigenvalue weighted by Crippen LogP contribution is -2.39. The number of para-hydroxylation sites is 1. The van der Waals surface area contributed by atoms with Gasteiger partial charge in [0.15, 0.2) is 0 Å². The average Bonchev–Trinajstić information content (AvgIpc) is 2.79. The maximum absolute atomic E-state index is 13.0. The van der Waals surface area contributed by atoms with Crippen LogP contribution in [0, 0.1) is 10.1 Å². The van der Waals surface area contributed by atoms with Gasteiger partial charge in [-0.05, 0) is 25.1 Å². The van der Waals surface area contributed by atoms with Gasteiger partial charge in [0.05, 0.1) is 27.9 Å². The highest BCUT2D eigenvalue weighted by Crippen LogP contribution is 2.30. The lowest BCUT2D eigenvalue weighted by Gasteiger charge is -2.26. The third-order valence-corrected chi connectivity index (χ3v) is 6.52. The van der Waals surface area contributed by atoms with Crippen molar-refractivity contribution >= 4 is 50.5 Å². The molecule has 0 spiro atoms. The van der Waals surface area contributed by atoms with Gasteiger partial charge in [-0.2, -0.15) is 5.10 Å². The number of hydrogen-bond acceptors (Lipinski definition) is 8. The van der Waals surface area contributed by atoms with Crippen LogP contribution in [0.3, 0.4) is 0 Å². The molecule has 0 aliphatic carbocycles. The fourth-order valence-electron chi connectivity index (χ4n) is 3.10. The number of rotatable bonds is 7. The van der Waals surface area contributed by atoms with E-state index in [9.17, 15) is 23.3 Å². The molecule has 0 unspecified atom stereocenters. The molecule has 11 nitrogen and oxygen atoms in total. The SMILES string of the molecule is CCOC(=O)N1CCC(=NNc2ccc([N+](=O)[O-])cc2S(=O)(=O)Nc2ccccc2Cl)CC1. The van der Waals surface area contributed by atoms with Crippen LogP contribution in [0.15, 0.2) is 52.5 Å². The summed E-state index contributed by atoms with van der Waals surface area (Å²) in [7, 11) is -4.24. The van der Waals surface area contributed by atoms with E-state index in [1.165, 1.54) is 24.3 Å². The number of piperidine rings is 1. The van der Waals surface area contributed by atoms with E-state index < -0.39 is 20.6 Å². The Balaban J connectivity index is 1.83. The molecular weight excluding hydrogens is 474 g/mol. The molecule has 1 aliphatic rings. The molecule has 0 atom stereocenters. The number of likely N-dealkylation sites (tertiary alicyclic amines) is 1. The van der Waals surface area contributed by atoms with E-state index in [0.717, 1.165) is 11.8 Å². The van der Waals surface area contributed by atoms with Crippen LogP contribution in [0.2, 0.25) is 5.02 Å². The number of nitrogens with zero attached hydrogens (tertiary/aromatic N) is 3. The van der Waals surface area contributed by atoms with Crippen LogP contribution < -0.4 is 10.1 Å². The Labute approximate surface area is 195 Å². The normalized spacial score (nSPS) is 13.9. The van der Waals surface area contributed by atoms with Crippen LogP contribution in [0.5, 0.6) is 0 Å². The summed E-state index contributed by atoms with van der Waals surface area (Å²) in [5.41, 5.74) is 3.22. The number of hydrogen-bond donors (Lipinski definition) is 2. The van der Waals surface area contributed by atoms with Gasteiger partial charge in [-0.3, -0.25) is 20.3 Å². The van der Waals surface area contributed by atoms with Gasteiger partial charge < -0.3 is 9.64 Å². The summed E-state index contributed by atoms with van der Waals surface area (Å²) in [5.74, 6) is 0. The van der Waals surface area contributed by atoms with E-state index in [1.54, 1.807) is 24.0 Å². The minimum Gasteiger partial charge on any atom is -0.450 e. The summed E-state index contributed by atoms with van der Waals surface area (Å²) in [6.07, 6.45) is 0.552. The first-order chi connectivity index (χ1) is 15.7. The fraction of sp³-hybridized carbons (Fsp3) is 0.300. The maximum atomic E-state index is 13.0. The van der Waals surface area contributed by atoms with Crippen molar-refractivity contribution in [3.05, 3.63) is 57.6 Å². The van der Waals surface area contributed by atoms with Crippen LogP contribution in [0.4, 0.5) is 21.9 Å². The Hall–Kier alpha value is -3.38. The molecule has 0 saturated carbocycles. The van der Waals surface area contributed by atoms with E-state index in [4.69, 9.17) is 16.3 Å². The minimum atomic E-state index is -4.24. The van der Waals surface area contributed by atoms with Gasteiger partial charge in [-0.15, -0.1) is 0 Å². The Bertz CT molecular complexity index is 1180. The Kier molecular flexibility index (Phi) is 7.71. The molecule has 1 aliphatic heterocycles. The number of hydrazone groups is 1. The molecule has 3 rings (SSSR count). The van der Waals surface area contributed by atoms with Crippen molar-refractivity contribution in [2.75, 3.05) is 29.8 Å². The van der Waals surface area contributed by atoms with Gasteiger partial charge in [0.1, 0.15) is 4.90 Å². The lowest BCUT2D eigenvalue weighted by atomic mass is 10.1. The molecule has 1 amide bonds. The molecule has 0 radical (unpaired) electrons. The average molecular weight is 496 g/mol. The van der Waals surface area contributed by atoms with Crippen molar-refractivity contribution in [2.24, 2.45) is 5.10 Å². The van der Waals surface area contributed by atoms with Gasteiger partial charge >= 0.3 is 6.09 Å². The van der Waals surface area contributed by atoms with Crippen LogP contribution in [-0.2, 0) is 14.8 Å². The number of carbonyl (C=O) groups is 1. The summed E-state index contributed by atoms with van der Waals surface area (Å²) in [6.45, 7) is 2.85. The topological polar surface area (TPSA) is 143 Å². The van der Waals surface area contributed by atoms with Crippen LogP contribution in [-0.4, -0.2) is 49.7 Å². The number of nitro benzene ring substituents is 1. The standard InChI is InChI=1S/C20H22ClN5O6S/c1-2-32-20(27)25-11-9-14(10-12-25)22-23-18-8-7-15(26(28)29)13-19(18)33(30,31)24-17-6-4-3-5-16(17)21/h3-8,13,23-24H,2,9-12H2,1H3.